The fraction of sp³-hybridized carbons (Fsp3) is 0.333. The summed E-state index contributed by atoms with van der Waals surface area (Å²) < 4.78 is 5.00. The van der Waals surface area contributed by atoms with E-state index in [2.05, 4.69) is 5.32 Å². The highest BCUT2D eigenvalue weighted by Gasteiger charge is 2.26. The number of carboxylic acid groups (broad SMARTS) is 1. The number of nitrogens with zero attached hydrogens (tertiary/aromatic N) is 1. The molecule has 1 unspecified atom stereocenters. The lowest BCUT2D eigenvalue weighted by Gasteiger charge is -2.19. The Labute approximate surface area is 187 Å². The maximum absolute atomic E-state index is 12.9. The number of carboxylic acids is 1. The third kappa shape index (κ3) is 8.31. The van der Waals surface area contributed by atoms with E-state index < -0.39 is 24.1 Å². The number of ether oxygens (including phenoxy) is 1. The quantitative estimate of drug-likeness (QED) is 0.485. The third-order valence-corrected chi connectivity index (χ3v) is 4.67. The standard InChI is InChI=1S/C24H28N2O6/c1-26(2)16-21(24(30)31)32-22(28)14-13-20(27)19(15-17-9-5-3-6-10-17)25-23(29)18-11-7-4-8-12-18/h3-12,19,21H,13-16H2,1-2H3,(H,25,29)(H,30,31)/t19-,21?/m0/s1. The normalized spacial score (nSPS) is 12.6. The zero-order valence-electron chi connectivity index (χ0n) is 18.2. The van der Waals surface area contributed by atoms with Crippen molar-refractivity contribution in [2.24, 2.45) is 0 Å². The topological polar surface area (TPSA) is 113 Å². The van der Waals surface area contributed by atoms with E-state index in [-0.39, 0.29) is 37.5 Å². The molecule has 2 N–H and O–H groups in total. The summed E-state index contributed by atoms with van der Waals surface area (Å²) in [6, 6.07) is 16.9. The average Bonchev–Trinajstić information content (AvgIpc) is 2.77. The van der Waals surface area contributed by atoms with Crippen molar-refractivity contribution in [1.82, 2.24) is 10.2 Å². The third-order valence-electron chi connectivity index (χ3n) is 4.67. The van der Waals surface area contributed by atoms with E-state index in [1.54, 1.807) is 49.3 Å². The summed E-state index contributed by atoms with van der Waals surface area (Å²) in [5.74, 6) is -2.76. The summed E-state index contributed by atoms with van der Waals surface area (Å²) in [5.41, 5.74) is 1.28. The van der Waals surface area contributed by atoms with Crippen molar-refractivity contribution in [3.05, 3.63) is 71.8 Å². The summed E-state index contributed by atoms with van der Waals surface area (Å²) in [5, 5.41) is 11.9. The van der Waals surface area contributed by atoms with Gasteiger partial charge in [0.05, 0.1) is 12.5 Å². The van der Waals surface area contributed by atoms with Crippen molar-refractivity contribution in [1.29, 1.82) is 0 Å². The van der Waals surface area contributed by atoms with Crippen LogP contribution in [0.2, 0.25) is 0 Å². The largest absolute Gasteiger partial charge is 0.478 e. The fourth-order valence-electron chi connectivity index (χ4n) is 3.04. The summed E-state index contributed by atoms with van der Waals surface area (Å²) in [6.45, 7) is 0.0266. The monoisotopic (exact) mass is 440 g/mol. The Kier molecular flexibility index (Phi) is 9.56. The Balaban J connectivity index is 2.02. The second-order valence-electron chi connectivity index (χ2n) is 7.63. The molecule has 0 spiro atoms. The molecule has 0 aliphatic rings. The number of hydrogen-bond donors (Lipinski definition) is 2. The molecule has 0 aromatic heterocycles. The average molecular weight is 440 g/mol. The van der Waals surface area contributed by atoms with Gasteiger partial charge in [-0.05, 0) is 38.2 Å². The molecule has 0 aliphatic heterocycles. The van der Waals surface area contributed by atoms with Crippen molar-refractivity contribution < 1.29 is 29.0 Å². The van der Waals surface area contributed by atoms with Crippen LogP contribution in [0.1, 0.15) is 28.8 Å². The lowest BCUT2D eigenvalue weighted by molar-refractivity contribution is -0.165. The Morgan fingerprint density at radius 3 is 2.09 bits per heavy atom. The van der Waals surface area contributed by atoms with E-state index >= 15 is 0 Å². The van der Waals surface area contributed by atoms with Gasteiger partial charge in [0.1, 0.15) is 0 Å². The van der Waals surface area contributed by atoms with Gasteiger partial charge in [-0.2, -0.15) is 0 Å². The number of aliphatic carboxylic acids is 1. The first-order valence-corrected chi connectivity index (χ1v) is 10.3. The number of benzene rings is 2. The molecule has 0 fully saturated rings. The molecule has 8 heteroatoms. The zero-order valence-corrected chi connectivity index (χ0v) is 18.2. The summed E-state index contributed by atoms with van der Waals surface area (Å²) in [4.78, 5) is 50.4. The molecule has 2 atom stereocenters. The van der Waals surface area contributed by atoms with Crippen molar-refractivity contribution in [3.8, 4) is 0 Å². The highest BCUT2D eigenvalue weighted by molar-refractivity contribution is 5.98. The molecule has 2 aromatic rings. The van der Waals surface area contributed by atoms with E-state index in [4.69, 9.17) is 4.74 Å². The van der Waals surface area contributed by atoms with Crippen molar-refractivity contribution in [2.75, 3.05) is 20.6 Å². The number of nitrogens with one attached hydrogen (secondary N) is 1. The van der Waals surface area contributed by atoms with E-state index in [1.807, 2.05) is 30.3 Å². The molecule has 2 aromatic carbocycles. The first-order chi connectivity index (χ1) is 15.3. The Bertz CT molecular complexity index is 915. The van der Waals surface area contributed by atoms with Gasteiger partial charge in [-0.3, -0.25) is 14.4 Å². The smallest absolute Gasteiger partial charge is 0.346 e. The van der Waals surface area contributed by atoms with E-state index in [1.165, 1.54) is 0 Å². The fourth-order valence-corrected chi connectivity index (χ4v) is 3.04. The lowest BCUT2D eigenvalue weighted by atomic mass is 9.99. The molecular weight excluding hydrogens is 412 g/mol. The Morgan fingerprint density at radius 1 is 0.938 bits per heavy atom. The molecule has 0 saturated heterocycles. The van der Waals surface area contributed by atoms with Gasteiger partial charge in [-0.1, -0.05) is 48.5 Å². The van der Waals surface area contributed by atoms with Crippen molar-refractivity contribution in [3.63, 3.8) is 0 Å². The molecule has 0 aliphatic carbocycles. The van der Waals surface area contributed by atoms with Gasteiger partial charge < -0.3 is 20.1 Å². The van der Waals surface area contributed by atoms with Crippen LogP contribution in [0, 0.1) is 0 Å². The summed E-state index contributed by atoms with van der Waals surface area (Å²) in [6.07, 6.45) is -1.50. The van der Waals surface area contributed by atoms with Gasteiger partial charge >= 0.3 is 11.9 Å². The molecule has 170 valence electrons. The Hall–Kier alpha value is -3.52. The second-order valence-corrected chi connectivity index (χ2v) is 7.63. The van der Waals surface area contributed by atoms with Crippen molar-refractivity contribution >= 4 is 23.6 Å². The molecule has 0 heterocycles. The highest BCUT2D eigenvalue weighted by Crippen LogP contribution is 2.10. The van der Waals surface area contributed by atoms with Crippen LogP contribution in [0.25, 0.3) is 0 Å². The number of rotatable bonds is 12. The van der Waals surface area contributed by atoms with Gasteiger partial charge in [-0.15, -0.1) is 0 Å². The molecule has 8 nitrogen and oxygen atoms in total. The number of carbonyl (C=O) groups excluding carboxylic acids is 3. The molecule has 32 heavy (non-hydrogen) atoms. The van der Waals surface area contributed by atoms with Crippen LogP contribution in [0.5, 0.6) is 0 Å². The van der Waals surface area contributed by atoms with E-state index in [9.17, 15) is 24.3 Å². The van der Waals surface area contributed by atoms with Crippen LogP contribution < -0.4 is 5.32 Å². The van der Waals surface area contributed by atoms with Gasteiger partial charge in [0.2, 0.25) is 6.10 Å². The summed E-state index contributed by atoms with van der Waals surface area (Å²) in [7, 11) is 3.33. The molecule has 0 saturated carbocycles. The van der Waals surface area contributed by atoms with Gasteiger partial charge in [-0.25, -0.2) is 4.79 Å². The number of Topliss-reactive ketones (excluding diaryl/α,β-unsaturated/α-hetero) is 1. The van der Waals surface area contributed by atoms with Gasteiger partial charge in [0, 0.05) is 18.5 Å². The minimum absolute atomic E-state index is 0.0266. The van der Waals surface area contributed by atoms with Crippen LogP contribution in [0.3, 0.4) is 0 Å². The van der Waals surface area contributed by atoms with Crippen molar-refractivity contribution in [2.45, 2.75) is 31.4 Å². The number of esters is 1. The predicted molar refractivity (Wildman–Crippen MR) is 118 cm³/mol. The van der Waals surface area contributed by atoms with Crippen LogP contribution in [-0.2, 0) is 25.5 Å². The SMILES string of the molecule is CN(C)CC(OC(=O)CCC(=O)[C@H](Cc1ccccc1)NC(=O)c1ccccc1)C(=O)O. The first kappa shape index (κ1) is 24.7. The highest BCUT2D eigenvalue weighted by atomic mass is 16.6. The maximum atomic E-state index is 12.9. The lowest BCUT2D eigenvalue weighted by Crippen LogP contribution is -2.42. The summed E-state index contributed by atoms with van der Waals surface area (Å²) >= 11 is 0. The zero-order chi connectivity index (χ0) is 23.5. The van der Waals surface area contributed by atoms with Gasteiger partial charge in [0.15, 0.2) is 5.78 Å². The Morgan fingerprint density at radius 2 is 1.53 bits per heavy atom. The predicted octanol–water partition coefficient (Wildman–Crippen LogP) is 1.93. The molecule has 0 radical (unpaired) electrons. The first-order valence-electron chi connectivity index (χ1n) is 10.3. The molecule has 1 amide bonds. The number of carbonyl (C=O) groups is 4. The molecule has 2 rings (SSSR count). The molecule has 0 bridgehead atoms. The van der Waals surface area contributed by atoms with Crippen LogP contribution >= 0.6 is 0 Å². The van der Waals surface area contributed by atoms with Gasteiger partial charge in [0.25, 0.3) is 5.91 Å². The number of likely N-dealkylation sites (N-methyl/N-ethyl adjacent to an activating group) is 1. The van der Waals surface area contributed by atoms with E-state index in [0.29, 0.717) is 5.56 Å². The number of ketones is 1. The second kappa shape index (κ2) is 12.4. The minimum Gasteiger partial charge on any atom is -0.478 e. The van der Waals surface area contributed by atoms with Crippen LogP contribution in [0.15, 0.2) is 60.7 Å². The van der Waals surface area contributed by atoms with Crippen LogP contribution in [-0.4, -0.2) is 66.4 Å². The number of amides is 1. The molecular formula is C24H28N2O6. The number of hydrogen-bond acceptors (Lipinski definition) is 6. The van der Waals surface area contributed by atoms with E-state index in [0.717, 1.165) is 5.56 Å². The van der Waals surface area contributed by atoms with Crippen LogP contribution in [0.4, 0.5) is 0 Å². The minimum atomic E-state index is -1.31. The maximum Gasteiger partial charge on any atom is 0.346 e.